The van der Waals surface area contributed by atoms with E-state index in [1.54, 1.807) is 15.5 Å². The van der Waals surface area contributed by atoms with Gasteiger partial charge in [-0.2, -0.15) is 0 Å². The lowest BCUT2D eigenvalue weighted by molar-refractivity contribution is 0.524. The van der Waals surface area contributed by atoms with E-state index in [-0.39, 0.29) is 11.2 Å². The largest absolute Gasteiger partial charge is 0.332 e. The minimum atomic E-state index is -0.260. The summed E-state index contributed by atoms with van der Waals surface area (Å²) in [4.78, 5) is 29.6. The number of rotatable bonds is 8. The van der Waals surface area contributed by atoms with Gasteiger partial charge in [-0.3, -0.25) is 13.9 Å². The number of hydrogen-bond acceptors (Lipinski definition) is 4. The smallest absolute Gasteiger partial charge is 0.330 e. The average Bonchev–Trinajstić information content (AvgIpc) is 2.94. The van der Waals surface area contributed by atoms with Gasteiger partial charge in [0.05, 0.1) is 6.33 Å². The van der Waals surface area contributed by atoms with E-state index in [9.17, 15) is 9.59 Å². The lowest BCUT2D eigenvalue weighted by Crippen LogP contribution is -2.40. The van der Waals surface area contributed by atoms with Gasteiger partial charge < -0.3 is 10.3 Å². The Hall–Kier alpha value is -1.89. The lowest BCUT2D eigenvalue weighted by atomic mass is 10.3. The minimum Gasteiger partial charge on any atom is -0.330 e. The molecule has 0 unspecified atom stereocenters. The molecule has 7 nitrogen and oxygen atoms in total. The molecule has 0 spiro atoms. The van der Waals surface area contributed by atoms with E-state index in [0.717, 1.165) is 25.7 Å². The number of aromatic nitrogens is 4. The average molecular weight is 307 g/mol. The van der Waals surface area contributed by atoms with Crippen molar-refractivity contribution in [3.05, 3.63) is 27.2 Å². The van der Waals surface area contributed by atoms with Crippen molar-refractivity contribution < 1.29 is 0 Å². The molecule has 0 aliphatic rings. The quantitative estimate of drug-likeness (QED) is 0.735. The first-order chi connectivity index (χ1) is 10.7. The zero-order valence-corrected chi connectivity index (χ0v) is 13.4. The molecule has 0 saturated carbocycles. The summed E-state index contributed by atoms with van der Waals surface area (Å²) in [7, 11) is 0. The fourth-order valence-corrected chi connectivity index (χ4v) is 2.61. The van der Waals surface area contributed by atoms with Crippen LogP contribution in [0.4, 0.5) is 0 Å². The Morgan fingerprint density at radius 1 is 1.09 bits per heavy atom. The van der Waals surface area contributed by atoms with Crippen molar-refractivity contribution in [1.82, 2.24) is 18.7 Å². The summed E-state index contributed by atoms with van der Waals surface area (Å²) in [5.41, 5.74) is 6.01. The Bertz CT molecular complexity index is 741. The Kier molecular flexibility index (Phi) is 5.54. The molecule has 2 N–H and O–H groups in total. The summed E-state index contributed by atoms with van der Waals surface area (Å²) in [5, 5.41) is 0. The molecule has 0 saturated heterocycles. The highest BCUT2D eigenvalue weighted by molar-refractivity contribution is 5.70. The van der Waals surface area contributed by atoms with Crippen molar-refractivity contribution in [2.75, 3.05) is 6.54 Å². The van der Waals surface area contributed by atoms with Crippen molar-refractivity contribution in [3.63, 3.8) is 0 Å². The first-order valence-electron chi connectivity index (χ1n) is 8.04. The molecule has 0 aromatic carbocycles. The third kappa shape index (κ3) is 2.99. The van der Waals surface area contributed by atoms with Crippen molar-refractivity contribution in [2.24, 2.45) is 5.73 Å². The first kappa shape index (κ1) is 16.5. The van der Waals surface area contributed by atoms with Crippen molar-refractivity contribution in [2.45, 2.75) is 59.2 Å². The molecule has 0 bridgehead atoms. The SMILES string of the molecule is CCCCn1c(=O)n(CCCCN)c(=O)c2c1ncn2CC. The molecule has 0 aliphatic heterocycles. The predicted octanol–water partition coefficient (Wildman–Crippen LogP) is 0.919. The summed E-state index contributed by atoms with van der Waals surface area (Å²) < 4.78 is 4.77. The standard InChI is InChI=1S/C15H25N5O2/c1-3-5-9-19-13-12(18(4-2)11-17-13)14(21)20(15(19)22)10-7-6-8-16/h11H,3-10,16H2,1-2H3. The van der Waals surface area contributed by atoms with Crippen LogP contribution in [0.15, 0.2) is 15.9 Å². The molecule has 0 amide bonds. The van der Waals surface area contributed by atoms with Gasteiger partial charge >= 0.3 is 5.69 Å². The zero-order chi connectivity index (χ0) is 16.1. The highest BCUT2D eigenvalue weighted by Gasteiger charge is 2.16. The van der Waals surface area contributed by atoms with E-state index in [1.165, 1.54) is 4.57 Å². The van der Waals surface area contributed by atoms with Gasteiger partial charge in [0.1, 0.15) is 0 Å². The number of imidazole rings is 1. The molecule has 22 heavy (non-hydrogen) atoms. The number of hydrogen-bond donors (Lipinski definition) is 1. The van der Waals surface area contributed by atoms with Gasteiger partial charge in [-0.15, -0.1) is 0 Å². The molecule has 2 aromatic heterocycles. The number of fused-ring (bicyclic) bond motifs is 1. The van der Waals surface area contributed by atoms with Gasteiger partial charge in [0.2, 0.25) is 0 Å². The summed E-state index contributed by atoms with van der Waals surface area (Å²) in [6, 6.07) is 0. The molecule has 7 heteroatoms. The van der Waals surface area contributed by atoms with E-state index >= 15 is 0 Å². The van der Waals surface area contributed by atoms with Gasteiger partial charge in [0.15, 0.2) is 11.2 Å². The summed E-state index contributed by atoms with van der Waals surface area (Å²) in [6.07, 6.45) is 5.03. The molecule has 0 fully saturated rings. The number of nitrogens with zero attached hydrogens (tertiary/aromatic N) is 4. The van der Waals surface area contributed by atoms with Gasteiger partial charge in [0, 0.05) is 19.6 Å². The maximum Gasteiger partial charge on any atom is 0.332 e. The van der Waals surface area contributed by atoms with Crippen LogP contribution in [0.5, 0.6) is 0 Å². The van der Waals surface area contributed by atoms with Gasteiger partial charge in [0.25, 0.3) is 5.56 Å². The Morgan fingerprint density at radius 3 is 2.45 bits per heavy atom. The van der Waals surface area contributed by atoms with Gasteiger partial charge in [-0.25, -0.2) is 9.78 Å². The Morgan fingerprint density at radius 2 is 1.82 bits per heavy atom. The predicted molar refractivity (Wildman–Crippen MR) is 87.1 cm³/mol. The minimum absolute atomic E-state index is 0.246. The van der Waals surface area contributed by atoms with Crippen LogP contribution in [-0.4, -0.2) is 25.2 Å². The Labute approximate surface area is 129 Å². The number of aryl methyl sites for hydroxylation is 2. The Balaban J connectivity index is 2.62. The second-order valence-corrected chi connectivity index (χ2v) is 5.44. The van der Waals surface area contributed by atoms with E-state index in [0.29, 0.717) is 37.3 Å². The fraction of sp³-hybridized carbons (Fsp3) is 0.667. The van der Waals surface area contributed by atoms with Crippen LogP contribution < -0.4 is 17.0 Å². The molecule has 2 rings (SSSR count). The lowest BCUT2D eigenvalue weighted by Gasteiger charge is -2.11. The molecular weight excluding hydrogens is 282 g/mol. The maximum atomic E-state index is 12.7. The monoisotopic (exact) mass is 307 g/mol. The van der Waals surface area contributed by atoms with Crippen molar-refractivity contribution in [1.29, 1.82) is 0 Å². The van der Waals surface area contributed by atoms with Gasteiger partial charge in [-0.05, 0) is 32.7 Å². The molecule has 0 atom stereocenters. The summed E-state index contributed by atoms with van der Waals surface area (Å²) in [6.45, 7) is 6.24. The molecular formula is C15H25N5O2. The van der Waals surface area contributed by atoms with Crippen LogP contribution in [-0.2, 0) is 19.6 Å². The molecule has 2 aromatic rings. The van der Waals surface area contributed by atoms with Crippen LogP contribution in [0.3, 0.4) is 0 Å². The highest BCUT2D eigenvalue weighted by atomic mass is 16.2. The van der Waals surface area contributed by atoms with Crippen LogP contribution in [0.25, 0.3) is 11.2 Å². The fourth-order valence-electron chi connectivity index (χ4n) is 2.61. The van der Waals surface area contributed by atoms with Crippen LogP contribution in [0.2, 0.25) is 0 Å². The molecule has 0 aliphatic carbocycles. The highest BCUT2D eigenvalue weighted by Crippen LogP contribution is 2.08. The van der Waals surface area contributed by atoms with E-state index in [4.69, 9.17) is 5.73 Å². The van der Waals surface area contributed by atoms with Crippen LogP contribution in [0, 0.1) is 0 Å². The van der Waals surface area contributed by atoms with E-state index in [2.05, 4.69) is 11.9 Å². The third-order valence-electron chi connectivity index (χ3n) is 3.90. The van der Waals surface area contributed by atoms with Crippen LogP contribution in [0.1, 0.15) is 39.5 Å². The topological polar surface area (TPSA) is 87.8 Å². The summed E-state index contributed by atoms with van der Waals surface area (Å²) in [5.74, 6) is 0. The molecule has 122 valence electrons. The first-order valence-corrected chi connectivity index (χ1v) is 8.04. The second-order valence-electron chi connectivity index (χ2n) is 5.44. The summed E-state index contributed by atoms with van der Waals surface area (Å²) >= 11 is 0. The molecule has 2 heterocycles. The maximum absolute atomic E-state index is 12.7. The van der Waals surface area contributed by atoms with Crippen LogP contribution >= 0.6 is 0 Å². The number of nitrogens with two attached hydrogens (primary N) is 1. The molecule has 0 radical (unpaired) electrons. The van der Waals surface area contributed by atoms with E-state index in [1.807, 2.05) is 6.92 Å². The van der Waals surface area contributed by atoms with Gasteiger partial charge in [-0.1, -0.05) is 13.3 Å². The second kappa shape index (κ2) is 7.40. The van der Waals surface area contributed by atoms with Crippen molar-refractivity contribution >= 4 is 11.2 Å². The normalized spacial score (nSPS) is 11.4. The van der Waals surface area contributed by atoms with E-state index < -0.39 is 0 Å². The third-order valence-corrected chi connectivity index (χ3v) is 3.90. The number of unbranched alkanes of at least 4 members (excludes halogenated alkanes) is 2. The zero-order valence-electron chi connectivity index (χ0n) is 13.4. The van der Waals surface area contributed by atoms with Crippen molar-refractivity contribution in [3.8, 4) is 0 Å².